The van der Waals surface area contributed by atoms with E-state index in [1.54, 1.807) is 36.5 Å². The van der Waals surface area contributed by atoms with Crippen LogP contribution >= 0.6 is 11.6 Å². The summed E-state index contributed by atoms with van der Waals surface area (Å²) in [5, 5.41) is 18.6. The van der Waals surface area contributed by atoms with Gasteiger partial charge in [-0.1, -0.05) is 24.1 Å². The Hall–Kier alpha value is -4.57. The van der Waals surface area contributed by atoms with Gasteiger partial charge in [-0.05, 0) is 60.9 Å². The molecule has 0 aliphatic carbocycles. The molecule has 3 heterocycles. The highest BCUT2D eigenvalue weighted by molar-refractivity contribution is 6.31. The number of anilines is 2. The van der Waals surface area contributed by atoms with Crippen LogP contribution in [0.2, 0.25) is 5.02 Å². The Balaban J connectivity index is 1.57. The van der Waals surface area contributed by atoms with E-state index < -0.39 is 23.6 Å². The van der Waals surface area contributed by atoms with Crippen molar-refractivity contribution in [2.24, 2.45) is 0 Å². The second kappa shape index (κ2) is 11.9. The van der Waals surface area contributed by atoms with Crippen LogP contribution in [-0.4, -0.2) is 24.1 Å². The number of rotatable bonds is 3. The molecule has 210 valence electrons. The van der Waals surface area contributed by atoms with Gasteiger partial charge in [0.05, 0.1) is 40.6 Å². The molecular formula is C30H25ClF2N4O4. The van der Waals surface area contributed by atoms with Crippen LogP contribution in [0.15, 0.2) is 67.0 Å². The first-order valence-corrected chi connectivity index (χ1v) is 13.2. The van der Waals surface area contributed by atoms with Crippen molar-refractivity contribution in [3.05, 3.63) is 100 Å². The molecule has 0 unspecified atom stereocenters. The van der Waals surface area contributed by atoms with Gasteiger partial charge in [-0.15, -0.1) is 0 Å². The highest BCUT2D eigenvalue weighted by Gasteiger charge is 2.26. The molecule has 2 amide bonds. The number of nitrogens with one attached hydrogen (secondary N) is 2. The predicted molar refractivity (Wildman–Crippen MR) is 150 cm³/mol. The fraction of sp³-hybridized carbons (Fsp3) is 0.200. The number of benzene rings is 2. The Morgan fingerprint density at radius 1 is 1.12 bits per heavy atom. The van der Waals surface area contributed by atoms with Crippen LogP contribution in [-0.2, 0) is 9.53 Å². The molecule has 0 saturated heterocycles. The van der Waals surface area contributed by atoms with Crippen molar-refractivity contribution in [3.8, 4) is 22.3 Å². The summed E-state index contributed by atoms with van der Waals surface area (Å²) in [6, 6.07) is 13.9. The summed E-state index contributed by atoms with van der Waals surface area (Å²) < 4.78 is 34.4. The van der Waals surface area contributed by atoms with Gasteiger partial charge in [-0.3, -0.25) is 15.1 Å². The number of carbonyl (C=O) groups excluding carboxylic acids is 2. The number of methoxy groups -OCH3 is 1. The maximum absolute atomic E-state index is 14.6. The molecule has 11 heteroatoms. The lowest BCUT2D eigenvalue weighted by molar-refractivity contribution is -0.614. The maximum Gasteiger partial charge on any atom is 0.411 e. The van der Waals surface area contributed by atoms with Gasteiger partial charge in [-0.2, -0.15) is 4.73 Å². The van der Waals surface area contributed by atoms with Crippen LogP contribution in [0.3, 0.4) is 0 Å². The van der Waals surface area contributed by atoms with E-state index in [9.17, 15) is 23.6 Å². The molecule has 0 fully saturated rings. The smallest absolute Gasteiger partial charge is 0.411 e. The number of halogens is 3. The Morgan fingerprint density at radius 3 is 2.73 bits per heavy atom. The van der Waals surface area contributed by atoms with E-state index in [1.807, 2.05) is 6.07 Å². The van der Waals surface area contributed by atoms with E-state index in [1.165, 1.54) is 13.2 Å². The Labute approximate surface area is 239 Å². The van der Waals surface area contributed by atoms with E-state index in [0.717, 1.165) is 23.9 Å². The summed E-state index contributed by atoms with van der Waals surface area (Å²) in [6.07, 6.45) is 4.03. The van der Waals surface area contributed by atoms with Crippen LogP contribution in [0.25, 0.3) is 22.3 Å². The molecule has 1 aliphatic heterocycles. The number of amides is 2. The zero-order valence-corrected chi connectivity index (χ0v) is 22.7. The zero-order valence-electron chi connectivity index (χ0n) is 21.9. The number of aromatic nitrogens is 2. The maximum atomic E-state index is 14.6. The summed E-state index contributed by atoms with van der Waals surface area (Å²) >= 11 is 5.85. The van der Waals surface area contributed by atoms with Crippen molar-refractivity contribution < 1.29 is 27.8 Å². The molecule has 2 bridgehead atoms. The first-order chi connectivity index (χ1) is 19.7. The standard InChI is InChI=1S/C30H25ClF2N4O4/c1-41-30(39)35-19-7-8-20-17-12-13-34-24(14-17)21(4-2-3-5-27(38)36-25(20)15-19)26-11-6-18(16-37(26)40)28-23(32)10-9-22(31)29(28)33/h6-16,21H,2-5H2,1H3,(H,35,39)(H,36,38)/t21-/m0/s1. The van der Waals surface area contributed by atoms with Crippen LogP contribution in [0.1, 0.15) is 43.0 Å². The molecule has 0 saturated carbocycles. The van der Waals surface area contributed by atoms with E-state index >= 15 is 0 Å². The average molecular weight is 579 g/mol. The minimum absolute atomic E-state index is 0.0538. The lowest BCUT2D eigenvalue weighted by Gasteiger charge is -2.20. The van der Waals surface area contributed by atoms with Gasteiger partial charge in [0.2, 0.25) is 11.6 Å². The largest absolute Gasteiger partial charge is 0.618 e. The van der Waals surface area contributed by atoms with Gasteiger partial charge in [-0.25, -0.2) is 13.6 Å². The van der Waals surface area contributed by atoms with Gasteiger partial charge in [0.1, 0.15) is 5.82 Å². The molecule has 4 aromatic rings. The molecule has 8 nitrogen and oxygen atoms in total. The number of nitrogens with zero attached hydrogens (tertiary/aromatic N) is 2. The van der Waals surface area contributed by atoms with Crippen molar-refractivity contribution in [2.45, 2.75) is 31.6 Å². The molecule has 1 atom stereocenters. The van der Waals surface area contributed by atoms with Crippen molar-refractivity contribution in [2.75, 3.05) is 17.7 Å². The normalized spacial score (nSPS) is 15.1. The van der Waals surface area contributed by atoms with Gasteiger partial charge in [0, 0.05) is 29.9 Å². The minimum Gasteiger partial charge on any atom is -0.618 e. The third-order valence-corrected chi connectivity index (χ3v) is 7.25. The number of hydrogen-bond donors (Lipinski definition) is 2. The van der Waals surface area contributed by atoms with Crippen LogP contribution < -0.4 is 15.4 Å². The summed E-state index contributed by atoms with van der Waals surface area (Å²) in [5.74, 6) is -2.42. The molecule has 2 aromatic carbocycles. The van der Waals surface area contributed by atoms with Crippen LogP contribution in [0.4, 0.5) is 25.0 Å². The number of ether oxygens (including phenoxy) is 1. The number of hydrogen-bond acceptors (Lipinski definition) is 5. The second-order valence-corrected chi connectivity index (χ2v) is 9.99. The predicted octanol–water partition coefficient (Wildman–Crippen LogP) is 6.80. The Kier molecular flexibility index (Phi) is 8.11. The Bertz CT molecular complexity index is 1650. The summed E-state index contributed by atoms with van der Waals surface area (Å²) in [7, 11) is 1.26. The molecule has 0 spiro atoms. The SMILES string of the molecule is COC(=O)Nc1ccc2c(c1)NC(=O)CCCC[C@H](c1ccc(-c3c(F)ccc(Cl)c3F)c[n+]1[O-])c1cc-2ccn1. The molecular weight excluding hydrogens is 554 g/mol. The summed E-state index contributed by atoms with van der Waals surface area (Å²) in [5.41, 5.74) is 3.00. The molecule has 41 heavy (non-hydrogen) atoms. The minimum atomic E-state index is -0.943. The van der Waals surface area contributed by atoms with E-state index in [4.69, 9.17) is 11.6 Å². The Morgan fingerprint density at radius 2 is 1.95 bits per heavy atom. The van der Waals surface area contributed by atoms with Crippen molar-refractivity contribution in [3.63, 3.8) is 0 Å². The molecule has 5 rings (SSSR count). The molecule has 2 N–H and O–H groups in total. The fourth-order valence-electron chi connectivity index (χ4n) is 4.95. The second-order valence-electron chi connectivity index (χ2n) is 9.58. The van der Waals surface area contributed by atoms with Crippen molar-refractivity contribution >= 4 is 35.0 Å². The average Bonchev–Trinajstić information content (AvgIpc) is 2.95. The summed E-state index contributed by atoms with van der Waals surface area (Å²) in [6.45, 7) is 0. The fourth-order valence-corrected chi connectivity index (χ4v) is 5.11. The highest BCUT2D eigenvalue weighted by atomic mass is 35.5. The van der Waals surface area contributed by atoms with E-state index in [0.29, 0.717) is 52.3 Å². The molecule has 1 aliphatic rings. The van der Waals surface area contributed by atoms with Crippen LogP contribution in [0.5, 0.6) is 0 Å². The third kappa shape index (κ3) is 5.97. The highest BCUT2D eigenvalue weighted by Crippen LogP contribution is 2.36. The quantitative estimate of drug-likeness (QED) is 0.158. The molecule has 2 aromatic heterocycles. The topological polar surface area (TPSA) is 107 Å². The van der Waals surface area contributed by atoms with Gasteiger partial charge < -0.3 is 15.3 Å². The number of carbonyl (C=O) groups is 2. The van der Waals surface area contributed by atoms with Gasteiger partial charge in [0.25, 0.3) is 0 Å². The third-order valence-electron chi connectivity index (χ3n) is 6.96. The summed E-state index contributed by atoms with van der Waals surface area (Å²) in [4.78, 5) is 29.0. The van der Waals surface area contributed by atoms with E-state index in [2.05, 4.69) is 20.4 Å². The van der Waals surface area contributed by atoms with Crippen molar-refractivity contribution in [1.82, 2.24) is 4.98 Å². The van der Waals surface area contributed by atoms with Gasteiger partial charge >= 0.3 is 6.09 Å². The lowest BCUT2D eigenvalue weighted by Crippen LogP contribution is -2.34. The lowest BCUT2D eigenvalue weighted by atomic mass is 9.90. The monoisotopic (exact) mass is 578 g/mol. The van der Waals surface area contributed by atoms with E-state index in [-0.39, 0.29) is 28.5 Å². The number of pyridine rings is 2. The number of fused-ring (bicyclic) bond motifs is 4. The van der Waals surface area contributed by atoms with Gasteiger partial charge in [0.15, 0.2) is 12.0 Å². The van der Waals surface area contributed by atoms with Crippen LogP contribution in [0, 0.1) is 16.8 Å². The van der Waals surface area contributed by atoms with Crippen molar-refractivity contribution in [1.29, 1.82) is 0 Å². The first kappa shape index (κ1) is 28.0. The molecule has 0 radical (unpaired) electrons. The first-order valence-electron chi connectivity index (χ1n) is 12.9. The zero-order chi connectivity index (χ0) is 29.1.